The lowest BCUT2D eigenvalue weighted by Crippen LogP contribution is -2.33. The van der Waals surface area contributed by atoms with Gasteiger partial charge in [0.25, 0.3) is 0 Å². The summed E-state index contributed by atoms with van der Waals surface area (Å²) in [5.74, 6) is 0. The van der Waals surface area contributed by atoms with E-state index in [1.165, 1.54) is 27.0 Å². The quantitative estimate of drug-likeness (QED) is 0.367. The fourth-order valence-electron chi connectivity index (χ4n) is 1.84. The van der Waals surface area contributed by atoms with Gasteiger partial charge in [-0.3, -0.25) is 4.18 Å². The highest BCUT2D eigenvalue weighted by molar-refractivity contribution is 7.98. The number of rotatable bonds is 4. The minimum absolute atomic E-state index is 0.0914. The van der Waals surface area contributed by atoms with Crippen LogP contribution in [0.4, 0.5) is 0 Å². The number of fused-ring (bicyclic) bond motifs is 1. The Morgan fingerprint density at radius 1 is 1.38 bits per heavy atom. The first-order valence-corrected chi connectivity index (χ1v) is 9.77. The molecule has 2 rings (SSSR count). The predicted molar refractivity (Wildman–Crippen MR) is 85.5 cm³/mol. The van der Waals surface area contributed by atoms with Crippen molar-refractivity contribution in [1.29, 1.82) is 0 Å². The van der Waals surface area contributed by atoms with E-state index < -0.39 is 10.4 Å². The molecule has 0 spiro atoms. The molecule has 21 heavy (non-hydrogen) atoms. The molecule has 0 saturated carbocycles. The lowest BCUT2D eigenvalue weighted by molar-refractivity contribution is -0.669. The van der Waals surface area contributed by atoms with Crippen LogP contribution in [0.25, 0.3) is 10.2 Å². The molecule has 5 nitrogen and oxygen atoms in total. The largest absolute Gasteiger partial charge is 0.726 e. The third kappa shape index (κ3) is 5.55. The van der Waals surface area contributed by atoms with Crippen molar-refractivity contribution < 1.29 is 21.7 Å². The molecule has 118 valence electrons. The maximum atomic E-state index is 9.45. The number of hydrogen-bond donors (Lipinski definition) is 0. The summed E-state index contributed by atoms with van der Waals surface area (Å²) >= 11 is 3.68. The van der Waals surface area contributed by atoms with E-state index in [-0.39, 0.29) is 6.61 Å². The maximum absolute atomic E-state index is 9.45. The Morgan fingerprint density at radius 2 is 2.05 bits per heavy atom. The van der Waals surface area contributed by atoms with Gasteiger partial charge in [0.05, 0.1) is 6.61 Å². The number of hydrogen-bond acceptors (Lipinski definition) is 6. The first-order valence-electron chi connectivity index (χ1n) is 6.39. The highest BCUT2D eigenvalue weighted by Crippen LogP contribution is 2.24. The smallest absolute Gasteiger partial charge is 0.235 e. The van der Waals surface area contributed by atoms with Crippen LogP contribution in [0.1, 0.15) is 18.9 Å². The van der Waals surface area contributed by atoms with Crippen LogP contribution in [-0.2, 0) is 21.1 Å². The summed E-state index contributed by atoms with van der Waals surface area (Å²) in [7, 11) is -4.42. The summed E-state index contributed by atoms with van der Waals surface area (Å²) in [5.41, 5.74) is 1.38. The molecule has 0 radical (unpaired) electrons. The lowest BCUT2D eigenvalue weighted by Gasteiger charge is -2.02. The van der Waals surface area contributed by atoms with E-state index in [2.05, 4.69) is 47.1 Å². The van der Waals surface area contributed by atoms with E-state index in [9.17, 15) is 13.0 Å². The van der Waals surface area contributed by atoms with Crippen molar-refractivity contribution in [2.75, 3.05) is 12.9 Å². The molecule has 2 aromatic rings. The minimum atomic E-state index is -4.42. The second-order valence-electron chi connectivity index (χ2n) is 4.01. The first kappa shape index (κ1) is 18.4. The van der Waals surface area contributed by atoms with Crippen LogP contribution in [0.5, 0.6) is 0 Å². The van der Waals surface area contributed by atoms with Crippen LogP contribution >= 0.6 is 23.1 Å². The van der Waals surface area contributed by atoms with Gasteiger partial charge < -0.3 is 4.55 Å². The van der Waals surface area contributed by atoms with Crippen molar-refractivity contribution in [3.8, 4) is 0 Å². The molecule has 1 aromatic heterocycles. The molecule has 0 aliphatic heterocycles. The highest BCUT2D eigenvalue weighted by atomic mass is 32.3. The monoisotopic (exact) mass is 349 g/mol. The third-order valence-electron chi connectivity index (χ3n) is 2.67. The van der Waals surface area contributed by atoms with Gasteiger partial charge in [0.15, 0.2) is 0 Å². The zero-order valence-corrected chi connectivity index (χ0v) is 14.9. The topological polar surface area (TPSA) is 70.3 Å². The Morgan fingerprint density at radius 3 is 2.48 bits per heavy atom. The van der Waals surface area contributed by atoms with Crippen LogP contribution in [0.3, 0.4) is 0 Å². The van der Waals surface area contributed by atoms with Crippen molar-refractivity contribution in [3.63, 3.8) is 0 Å². The van der Waals surface area contributed by atoms with E-state index in [0.717, 1.165) is 6.54 Å². The number of aryl methyl sites for hydroxylation is 2. The molecule has 0 N–H and O–H groups in total. The minimum Gasteiger partial charge on any atom is -0.726 e. The molecule has 0 bridgehead atoms. The van der Waals surface area contributed by atoms with Crippen LogP contribution < -0.4 is 4.57 Å². The maximum Gasteiger partial charge on any atom is 0.235 e. The van der Waals surface area contributed by atoms with Crippen LogP contribution in [0.15, 0.2) is 23.1 Å². The van der Waals surface area contributed by atoms with Crippen LogP contribution in [0.2, 0.25) is 0 Å². The SMILES string of the molecule is CCOS(=O)(=O)[O-].CC[n+]1c(C)sc2ccc(SC)cc21. The summed E-state index contributed by atoms with van der Waals surface area (Å²) in [4.78, 5) is 1.34. The summed E-state index contributed by atoms with van der Waals surface area (Å²) in [6.07, 6.45) is 2.12. The van der Waals surface area contributed by atoms with Crippen molar-refractivity contribution in [2.45, 2.75) is 32.2 Å². The molecule has 0 aliphatic carbocycles. The van der Waals surface area contributed by atoms with Crippen molar-refractivity contribution >= 4 is 43.7 Å². The van der Waals surface area contributed by atoms with Crippen molar-refractivity contribution in [2.24, 2.45) is 0 Å². The summed E-state index contributed by atoms with van der Waals surface area (Å²) in [5, 5.41) is 1.39. The Bertz CT molecular complexity index is 695. The molecule has 0 saturated heterocycles. The summed E-state index contributed by atoms with van der Waals surface area (Å²) in [6, 6.07) is 6.71. The fraction of sp³-hybridized carbons (Fsp3) is 0.462. The van der Waals surface area contributed by atoms with Crippen LogP contribution in [0, 0.1) is 6.92 Å². The summed E-state index contributed by atoms with van der Waals surface area (Å²) < 4.78 is 35.8. The van der Waals surface area contributed by atoms with Gasteiger partial charge in [-0.2, -0.15) is 4.57 Å². The molecule has 0 atom stereocenters. The van der Waals surface area contributed by atoms with E-state index in [1.807, 2.05) is 11.3 Å². The van der Waals surface area contributed by atoms with Gasteiger partial charge in [-0.15, -0.1) is 11.8 Å². The lowest BCUT2D eigenvalue weighted by atomic mass is 10.3. The normalized spacial score (nSPS) is 11.3. The van der Waals surface area contributed by atoms with E-state index in [4.69, 9.17) is 0 Å². The van der Waals surface area contributed by atoms with E-state index in [1.54, 1.807) is 11.8 Å². The average Bonchev–Trinajstić information content (AvgIpc) is 2.72. The van der Waals surface area contributed by atoms with Gasteiger partial charge in [0.1, 0.15) is 11.2 Å². The van der Waals surface area contributed by atoms with E-state index in [0.29, 0.717) is 0 Å². The molecule has 0 fully saturated rings. The molecule has 0 aliphatic rings. The number of aromatic nitrogens is 1. The van der Waals surface area contributed by atoms with Gasteiger partial charge in [-0.05, 0) is 32.2 Å². The molecule has 0 unspecified atom stereocenters. The molecular formula is C13H19NO4S3. The average molecular weight is 349 g/mol. The fourth-order valence-corrected chi connectivity index (χ4v) is 3.63. The molecule has 1 aromatic carbocycles. The van der Waals surface area contributed by atoms with Gasteiger partial charge in [0, 0.05) is 17.9 Å². The van der Waals surface area contributed by atoms with Gasteiger partial charge >= 0.3 is 0 Å². The Balaban J connectivity index is 0.000000270. The standard InChI is InChI=1S/C11H14NS2.C2H6O4S/c1-4-12-8(2)14-11-6-5-9(13-3)7-10(11)12;1-2-6-7(3,4)5/h5-7H,4H2,1-3H3;2H2,1H3,(H,3,4,5)/q+1;/p-1. The van der Waals surface area contributed by atoms with Gasteiger partial charge in [0.2, 0.25) is 20.9 Å². The molecular weight excluding hydrogens is 330 g/mol. The van der Waals surface area contributed by atoms with Gasteiger partial charge in [-0.1, -0.05) is 11.3 Å². The van der Waals surface area contributed by atoms with Crippen molar-refractivity contribution in [1.82, 2.24) is 0 Å². The number of thioether (sulfide) groups is 1. The zero-order chi connectivity index (χ0) is 16.0. The highest BCUT2D eigenvalue weighted by Gasteiger charge is 2.15. The molecule has 8 heteroatoms. The first-order chi connectivity index (χ1) is 9.82. The Labute approximate surface area is 133 Å². The third-order valence-corrected chi connectivity index (χ3v) is 5.00. The zero-order valence-electron chi connectivity index (χ0n) is 12.5. The predicted octanol–water partition coefficient (Wildman–Crippen LogP) is 2.72. The molecule has 1 heterocycles. The summed E-state index contributed by atoms with van der Waals surface area (Å²) in [6.45, 7) is 6.78. The Hall–Kier alpha value is -0.670. The van der Waals surface area contributed by atoms with E-state index >= 15 is 0 Å². The number of thiazole rings is 1. The second-order valence-corrected chi connectivity index (χ2v) is 7.18. The van der Waals surface area contributed by atoms with Crippen LogP contribution in [-0.4, -0.2) is 25.8 Å². The molecule has 0 amide bonds. The number of benzene rings is 1. The Kier molecular flexibility index (Phi) is 7.08. The van der Waals surface area contributed by atoms with Gasteiger partial charge in [-0.25, -0.2) is 8.42 Å². The number of nitrogens with zero attached hydrogens (tertiary/aromatic N) is 1. The second kappa shape index (κ2) is 8.09. The van der Waals surface area contributed by atoms with Crippen molar-refractivity contribution in [3.05, 3.63) is 23.2 Å².